The lowest BCUT2D eigenvalue weighted by Gasteiger charge is -2.54. The molecule has 8 rings (SSSR count). The van der Waals surface area contributed by atoms with Crippen LogP contribution in [0.4, 0.5) is 8.78 Å². The minimum Gasteiger partial charge on any atom is -0.464 e. The molecule has 0 aliphatic heterocycles. The van der Waals surface area contributed by atoms with Crippen molar-refractivity contribution in [3.8, 4) is 0 Å². The number of halogens is 2. The molecule has 0 amide bonds. The van der Waals surface area contributed by atoms with Crippen molar-refractivity contribution >= 4 is 29.5 Å². The van der Waals surface area contributed by atoms with Crippen LogP contribution in [0, 0.1) is 51.8 Å². The molecule has 0 N–H and O–H groups in total. The quantitative estimate of drug-likeness (QED) is 0.304. The molecule has 40 heavy (non-hydrogen) atoms. The fourth-order valence-electron chi connectivity index (χ4n) is 9.28. The molecule has 220 valence electrons. The molecule has 0 heterocycles. The van der Waals surface area contributed by atoms with Crippen LogP contribution in [0.3, 0.4) is 0 Å². The van der Waals surface area contributed by atoms with Crippen LogP contribution in [0.15, 0.2) is 0 Å². The smallest absolute Gasteiger partial charge is 0.319 e. The average molecular weight is 565 g/mol. The van der Waals surface area contributed by atoms with Gasteiger partial charge in [0.15, 0.2) is 6.61 Å². The van der Waals surface area contributed by atoms with Crippen molar-refractivity contribution in [3.05, 3.63) is 0 Å². The van der Waals surface area contributed by atoms with Gasteiger partial charge in [0.25, 0.3) is 5.92 Å². The van der Waals surface area contributed by atoms with Gasteiger partial charge in [0.1, 0.15) is 30.2 Å². The molecule has 8 nitrogen and oxygen atoms in total. The zero-order valence-corrected chi connectivity index (χ0v) is 23.2. The SMILES string of the molecule is CC(F)(F)COC(=O)C(C)(COC(=O)C12CC3CC(C1)C(=O)C(C3)C2)COC(=O)C12CC3CC(C1)C(=O)C(C3)C2. The molecule has 0 radical (unpaired) electrons. The zero-order valence-electron chi connectivity index (χ0n) is 23.2. The van der Waals surface area contributed by atoms with Crippen molar-refractivity contribution in [1.29, 1.82) is 0 Å². The normalized spacial score (nSPS) is 40.6. The Bertz CT molecular complexity index is 1040. The van der Waals surface area contributed by atoms with Crippen LogP contribution >= 0.6 is 0 Å². The molecule has 10 heteroatoms. The molecule has 8 aliphatic carbocycles. The van der Waals surface area contributed by atoms with Crippen LogP contribution in [-0.4, -0.2) is 55.2 Å². The van der Waals surface area contributed by atoms with Gasteiger partial charge in [0, 0.05) is 30.6 Å². The third-order valence-electron chi connectivity index (χ3n) is 10.8. The molecule has 8 fully saturated rings. The summed E-state index contributed by atoms with van der Waals surface area (Å²) in [6, 6.07) is 0. The van der Waals surface area contributed by atoms with Crippen molar-refractivity contribution < 1.29 is 47.0 Å². The lowest BCUT2D eigenvalue weighted by Crippen LogP contribution is -2.56. The number of ketones is 2. The predicted octanol–water partition coefficient (Wildman–Crippen LogP) is 4.07. The first-order chi connectivity index (χ1) is 18.7. The largest absolute Gasteiger partial charge is 0.464 e. The number of Topliss-reactive ketones (excluding diaryl/α,β-unsaturated/α-hetero) is 2. The number of hydrogen-bond acceptors (Lipinski definition) is 8. The van der Waals surface area contributed by atoms with Crippen LogP contribution in [0.2, 0.25) is 0 Å². The fourth-order valence-corrected chi connectivity index (χ4v) is 9.28. The monoisotopic (exact) mass is 564 g/mol. The third kappa shape index (κ3) is 4.67. The highest BCUT2D eigenvalue weighted by molar-refractivity contribution is 5.91. The summed E-state index contributed by atoms with van der Waals surface area (Å²) in [7, 11) is 0. The summed E-state index contributed by atoms with van der Waals surface area (Å²) in [4.78, 5) is 65.1. The molecule has 4 atom stereocenters. The van der Waals surface area contributed by atoms with Gasteiger partial charge in [0.05, 0.1) is 10.8 Å². The molecule has 0 aromatic carbocycles. The minimum absolute atomic E-state index is 0.143. The second-order valence-corrected chi connectivity index (χ2v) is 14.4. The van der Waals surface area contributed by atoms with E-state index in [0.29, 0.717) is 57.3 Å². The lowest BCUT2D eigenvalue weighted by molar-refractivity contribution is -0.189. The molecule has 4 unspecified atom stereocenters. The van der Waals surface area contributed by atoms with Gasteiger partial charge >= 0.3 is 17.9 Å². The molecule has 0 aromatic heterocycles. The standard InChI is InChI=1S/C30H38F2O8/c1-27(24(35)40-15-28(2,31)32,13-38-25(36)29-7-16-3-18(9-29)22(33)19(4-16)10-29)14-39-26(37)30-8-17-5-20(11-30)23(34)21(6-17)12-30/h16-21H,3-15H2,1-2H3. The molecule has 0 aromatic rings. The van der Waals surface area contributed by atoms with Crippen molar-refractivity contribution in [2.45, 2.75) is 84.0 Å². The number of alkyl halides is 2. The predicted molar refractivity (Wildman–Crippen MR) is 134 cm³/mol. The summed E-state index contributed by atoms with van der Waals surface area (Å²) in [6.07, 6.45) is 6.18. The second-order valence-electron chi connectivity index (χ2n) is 14.4. The lowest BCUT2D eigenvalue weighted by atomic mass is 9.49. The Kier molecular flexibility index (Phi) is 6.46. The van der Waals surface area contributed by atoms with Crippen molar-refractivity contribution in [2.24, 2.45) is 51.8 Å². The number of hydrogen-bond donors (Lipinski definition) is 0. The van der Waals surface area contributed by atoms with E-state index in [2.05, 4.69) is 0 Å². The maximum absolute atomic E-state index is 13.5. The highest BCUT2D eigenvalue weighted by Gasteiger charge is 2.61. The van der Waals surface area contributed by atoms with Gasteiger partial charge in [-0.1, -0.05) is 0 Å². The van der Waals surface area contributed by atoms with Crippen LogP contribution in [0.25, 0.3) is 0 Å². The Morgan fingerprint density at radius 3 is 1.40 bits per heavy atom. The molecule has 0 spiro atoms. The molecule has 0 saturated heterocycles. The molecule has 8 saturated carbocycles. The number of ether oxygens (including phenoxy) is 3. The average Bonchev–Trinajstić information content (AvgIpc) is 2.89. The third-order valence-corrected chi connectivity index (χ3v) is 10.8. The van der Waals surface area contributed by atoms with Crippen molar-refractivity contribution in [2.75, 3.05) is 19.8 Å². The highest BCUT2D eigenvalue weighted by Crippen LogP contribution is 2.60. The van der Waals surface area contributed by atoms with Gasteiger partial charge < -0.3 is 14.2 Å². The van der Waals surface area contributed by atoms with E-state index < -0.39 is 59.9 Å². The topological polar surface area (TPSA) is 113 Å². The first-order valence-corrected chi connectivity index (χ1v) is 14.7. The van der Waals surface area contributed by atoms with Gasteiger partial charge in [-0.25, -0.2) is 8.78 Å². The van der Waals surface area contributed by atoms with E-state index in [1.165, 1.54) is 6.92 Å². The van der Waals surface area contributed by atoms with E-state index >= 15 is 0 Å². The summed E-state index contributed by atoms with van der Waals surface area (Å²) >= 11 is 0. The number of rotatable bonds is 9. The fraction of sp³-hybridized carbons (Fsp3) is 0.833. The maximum atomic E-state index is 13.5. The van der Waals surface area contributed by atoms with Crippen LogP contribution in [0.1, 0.15) is 78.1 Å². The molecule has 8 bridgehead atoms. The summed E-state index contributed by atoms with van der Waals surface area (Å²) in [5.74, 6) is -4.83. The number of esters is 3. The number of carbonyl (C=O) groups is 5. The van der Waals surface area contributed by atoms with Gasteiger partial charge in [0.2, 0.25) is 0 Å². The van der Waals surface area contributed by atoms with Crippen LogP contribution in [0.5, 0.6) is 0 Å². The van der Waals surface area contributed by atoms with Gasteiger partial charge in [-0.15, -0.1) is 0 Å². The Morgan fingerprint density at radius 2 is 1.05 bits per heavy atom. The molecular weight excluding hydrogens is 526 g/mol. The van der Waals surface area contributed by atoms with Gasteiger partial charge in [-0.2, -0.15) is 0 Å². The summed E-state index contributed by atoms with van der Waals surface area (Å²) < 4.78 is 43.3. The van der Waals surface area contributed by atoms with E-state index in [-0.39, 0.29) is 35.2 Å². The Hall–Kier alpha value is -2.39. The molecule has 8 aliphatic rings. The zero-order chi connectivity index (χ0) is 28.7. The van der Waals surface area contributed by atoms with Gasteiger partial charge in [-0.3, -0.25) is 24.0 Å². The maximum Gasteiger partial charge on any atom is 0.319 e. The second kappa shape index (κ2) is 9.31. The molecular formula is C30H38F2O8. The Balaban J connectivity index is 1.14. The van der Waals surface area contributed by atoms with Crippen molar-refractivity contribution in [1.82, 2.24) is 0 Å². The van der Waals surface area contributed by atoms with Crippen LogP contribution < -0.4 is 0 Å². The van der Waals surface area contributed by atoms with E-state index in [0.717, 1.165) is 25.7 Å². The van der Waals surface area contributed by atoms with E-state index in [4.69, 9.17) is 14.2 Å². The Morgan fingerprint density at radius 1 is 0.675 bits per heavy atom. The first-order valence-electron chi connectivity index (χ1n) is 14.7. The van der Waals surface area contributed by atoms with Crippen molar-refractivity contribution in [3.63, 3.8) is 0 Å². The van der Waals surface area contributed by atoms with Gasteiger partial charge in [-0.05, 0) is 83.0 Å². The summed E-state index contributed by atoms with van der Waals surface area (Å²) in [5, 5.41) is 0. The van der Waals surface area contributed by atoms with Crippen LogP contribution in [-0.2, 0) is 38.2 Å². The first kappa shape index (κ1) is 27.8. The van der Waals surface area contributed by atoms with E-state index in [1.54, 1.807) is 0 Å². The Labute approximate surface area is 232 Å². The minimum atomic E-state index is -3.26. The van der Waals surface area contributed by atoms with E-state index in [9.17, 15) is 32.8 Å². The summed E-state index contributed by atoms with van der Waals surface area (Å²) in [6.45, 7) is -0.140. The number of carbonyl (C=O) groups excluding carboxylic acids is 5. The summed E-state index contributed by atoms with van der Waals surface area (Å²) in [5.41, 5.74) is -3.27. The van der Waals surface area contributed by atoms with E-state index in [1.807, 2.05) is 0 Å². The highest BCUT2D eigenvalue weighted by atomic mass is 19.3.